The molecule has 0 saturated heterocycles. The van der Waals surface area contributed by atoms with Crippen molar-refractivity contribution in [3.05, 3.63) is 47.3 Å². The highest BCUT2D eigenvalue weighted by Crippen LogP contribution is 2.10. The molecule has 0 aromatic heterocycles. The second-order valence-electron chi connectivity index (χ2n) is 3.02. The lowest BCUT2D eigenvalue weighted by Crippen LogP contribution is -1.99. The van der Waals surface area contributed by atoms with Crippen LogP contribution in [0, 0.1) is 6.57 Å². The molecule has 0 fully saturated rings. The largest absolute Gasteiger partial charge is 0.341 e. The molecule has 1 aliphatic heterocycles. The minimum atomic E-state index is -0.283. The summed E-state index contributed by atoms with van der Waals surface area (Å²) in [7, 11) is 0. The molecule has 0 spiro atoms. The van der Waals surface area contributed by atoms with Crippen molar-refractivity contribution in [2.75, 3.05) is 6.54 Å². The van der Waals surface area contributed by atoms with Gasteiger partial charge in [0.2, 0.25) is 6.54 Å². The monoisotopic (exact) mass is 216 g/mol. The van der Waals surface area contributed by atoms with E-state index in [2.05, 4.69) is 14.8 Å². The third-order valence-corrected chi connectivity index (χ3v) is 1.83. The Morgan fingerprint density at radius 2 is 2.06 bits per heavy atom. The molecule has 4 nitrogen and oxygen atoms in total. The van der Waals surface area contributed by atoms with E-state index in [1.165, 1.54) is 0 Å². The van der Waals surface area contributed by atoms with E-state index in [1.54, 1.807) is 0 Å². The minimum Gasteiger partial charge on any atom is -0.318 e. The molecular weight excluding hydrogens is 204 g/mol. The lowest BCUT2D eigenvalue weighted by Gasteiger charge is -1.93. The van der Waals surface area contributed by atoms with Crippen LogP contribution in [0.25, 0.3) is 4.85 Å². The van der Waals surface area contributed by atoms with Gasteiger partial charge in [-0.05, 0) is 5.56 Å². The minimum absolute atomic E-state index is 0.282. The Hall–Kier alpha value is -2.15. The number of oxime groups is 1. The number of rotatable bonds is 1. The van der Waals surface area contributed by atoms with Crippen LogP contribution < -0.4 is 0 Å². The third kappa shape index (κ3) is 3.54. The fourth-order valence-electron chi connectivity index (χ4n) is 1.09. The number of benzene rings is 1. The Bertz CT molecular complexity index is 418. The summed E-state index contributed by atoms with van der Waals surface area (Å²) in [5, 5.41) is 3.65. The van der Waals surface area contributed by atoms with Crippen molar-refractivity contribution in [2.24, 2.45) is 5.16 Å². The zero-order valence-electron chi connectivity index (χ0n) is 9.01. The summed E-state index contributed by atoms with van der Waals surface area (Å²) in [6.45, 7) is 8.51. The predicted molar refractivity (Wildman–Crippen MR) is 60.8 cm³/mol. The summed E-state index contributed by atoms with van der Waals surface area (Å²) in [6, 6.07) is 9.53. The number of hydrogen-bond acceptors (Lipinski definition) is 3. The molecule has 0 atom stereocenters. The van der Waals surface area contributed by atoms with Crippen LogP contribution in [0.15, 0.2) is 35.5 Å². The molecule has 2 rings (SSSR count). The van der Waals surface area contributed by atoms with Gasteiger partial charge in [-0.3, -0.25) is 0 Å². The zero-order chi connectivity index (χ0) is 11.8. The molecule has 0 bridgehead atoms. The molecule has 0 aliphatic carbocycles. The zero-order valence-corrected chi connectivity index (χ0v) is 9.01. The van der Waals surface area contributed by atoms with E-state index in [1.807, 2.05) is 37.3 Å². The fraction of sp³-hybridized carbons (Fsp3) is 0.250. The van der Waals surface area contributed by atoms with Gasteiger partial charge in [0.25, 0.3) is 0 Å². The predicted octanol–water partition coefficient (Wildman–Crippen LogP) is 2.26. The summed E-state index contributed by atoms with van der Waals surface area (Å²) in [4.78, 5) is 18.1. The maximum absolute atomic E-state index is 10.7. The van der Waals surface area contributed by atoms with E-state index in [4.69, 9.17) is 6.57 Å². The molecule has 1 aromatic carbocycles. The Morgan fingerprint density at radius 1 is 1.44 bits per heavy atom. The molecule has 0 N–H and O–H groups in total. The van der Waals surface area contributed by atoms with Gasteiger partial charge >= 0.3 is 5.97 Å². The van der Waals surface area contributed by atoms with Crippen LogP contribution in [-0.2, 0) is 9.63 Å². The molecular formula is C12H12N2O2. The van der Waals surface area contributed by atoms with Crippen molar-refractivity contribution in [1.82, 2.24) is 0 Å². The Kier molecular flexibility index (Phi) is 4.74. The molecule has 0 amide bonds. The summed E-state index contributed by atoms with van der Waals surface area (Å²) in [6.07, 6.45) is 0.282. The molecule has 1 aromatic rings. The Labute approximate surface area is 94.3 Å². The van der Waals surface area contributed by atoms with Gasteiger partial charge in [0, 0.05) is 6.92 Å². The first-order valence-electron chi connectivity index (χ1n) is 4.93. The average molecular weight is 216 g/mol. The van der Waals surface area contributed by atoms with Gasteiger partial charge < -0.3 is 9.68 Å². The maximum atomic E-state index is 10.7. The van der Waals surface area contributed by atoms with Gasteiger partial charge in [0.05, 0.1) is 12.1 Å². The quantitative estimate of drug-likeness (QED) is 0.534. The molecule has 0 radical (unpaired) electrons. The molecule has 1 aliphatic rings. The number of carbonyl (C=O) groups is 1. The standard InChI is InChI=1S/C9H7NO2.C3H5N/c11-9-6-8(10-12-9)7-4-2-1-3-5-7;1-3-4-2/h1-5H,6H2;3H2,1H3. The second kappa shape index (κ2) is 6.36. The number of nitrogens with zero attached hydrogens (tertiary/aromatic N) is 2. The summed E-state index contributed by atoms with van der Waals surface area (Å²) < 4.78 is 0. The van der Waals surface area contributed by atoms with Gasteiger partial charge in [0.1, 0.15) is 0 Å². The van der Waals surface area contributed by atoms with E-state index in [9.17, 15) is 4.79 Å². The number of hydrogen-bond donors (Lipinski definition) is 0. The van der Waals surface area contributed by atoms with E-state index >= 15 is 0 Å². The van der Waals surface area contributed by atoms with Crippen LogP contribution in [0.2, 0.25) is 0 Å². The van der Waals surface area contributed by atoms with Crippen LogP contribution >= 0.6 is 0 Å². The molecule has 0 unspecified atom stereocenters. The molecule has 0 saturated carbocycles. The van der Waals surface area contributed by atoms with Crippen molar-refractivity contribution in [3.8, 4) is 0 Å². The summed E-state index contributed by atoms with van der Waals surface area (Å²) in [5.41, 5.74) is 1.66. The Morgan fingerprint density at radius 3 is 2.50 bits per heavy atom. The van der Waals surface area contributed by atoms with Crippen LogP contribution in [0.4, 0.5) is 0 Å². The van der Waals surface area contributed by atoms with Crippen LogP contribution in [-0.4, -0.2) is 18.2 Å². The van der Waals surface area contributed by atoms with Crippen molar-refractivity contribution in [2.45, 2.75) is 13.3 Å². The lowest BCUT2D eigenvalue weighted by molar-refractivity contribution is -0.140. The van der Waals surface area contributed by atoms with Crippen molar-refractivity contribution < 1.29 is 9.63 Å². The van der Waals surface area contributed by atoms with Gasteiger partial charge in [-0.15, -0.1) is 0 Å². The van der Waals surface area contributed by atoms with Crippen molar-refractivity contribution >= 4 is 11.7 Å². The molecule has 1 heterocycles. The van der Waals surface area contributed by atoms with Crippen LogP contribution in [0.5, 0.6) is 0 Å². The van der Waals surface area contributed by atoms with E-state index in [0.717, 1.165) is 5.56 Å². The highest BCUT2D eigenvalue weighted by molar-refractivity contribution is 6.11. The SMILES string of the molecule is O=C1CC(c2ccccc2)=NO1.[C-]#[N+]CC. The second-order valence-corrected chi connectivity index (χ2v) is 3.02. The van der Waals surface area contributed by atoms with Crippen molar-refractivity contribution in [3.63, 3.8) is 0 Å². The molecule has 4 heteroatoms. The normalized spacial score (nSPS) is 13.0. The van der Waals surface area contributed by atoms with E-state index in [0.29, 0.717) is 12.3 Å². The van der Waals surface area contributed by atoms with E-state index in [-0.39, 0.29) is 12.4 Å². The summed E-state index contributed by atoms with van der Waals surface area (Å²) in [5.74, 6) is -0.283. The highest BCUT2D eigenvalue weighted by Gasteiger charge is 2.18. The first-order chi connectivity index (χ1) is 7.77. The topological polar surface area (TPSA) is 43.0 Å². The Balaban J connectivity index is 0.000000280. The first-order valence-corrected chi connectivity index (χ1v) is 4.93. The average Bonchev–Trinajstić information content (AvgIpc) is 2.77. The highest BCUT2D eigenvalue weighted by atomic mass is 16.7. The van der Waals surface area contributed by atoms with Gasteiger partial charge in [0.15, 0.2) is 0 Å². The van der Waals surface area contributed by atoms with Gasteiger partial charge in [-0.25, -0.2) is 11.4 Å². The maximum Gasteiger partial charge on any atom is 0.341 e. The molecule has 16 heavy (non-hydrogen) atoms. The smallest absolute Gasteiger partial charge is 0.318 e. The number of carbonyl (C=O) groups excluding carboxylic acids is 1. The molecule has 82 valence electrons. The first kappa shape index (κ1) is 11.9. The lowest BCUT2D eigenvalue weighted by atomic mass is 10.1. The van der Waals surface area contributed by atoms with Gasteiger partial charge in [-0.1, -0.05) is 35.5 Å². The van der Waals surface area contributed by atoms with Crippen LogP contribution in [0.1, 0.15) is 18.9 Å². The van der Waals surface area contributed by atoms with Crippen molar-refractivity contribution in [1.29, 1.82) is 0 Å². The third-order valence-electron chi connectivity index (χ3n) is 1.83. The van der Waals surface area contributed by atoms with E-state index < -0.39 is 0 Å². The van der Waals surface area contributed by atoms with Crippen LogP contribution in [0.3, 0.4) is 0 Å². The van der Waals surface area contributed by atoms with Gasteiger partial charge in [-0.2, -0.15) is 0 Å². The fourth-order valence-corrected chi connectivity index (χ4v) is 1.09. The summed E-state index contributed by atoms with van der Waals surface area (Å²) >= 11 is 0.